The van der Waals surface area contributed by atoms with Gasteiger partial charge in [-0.05, 0) is 75.4 Å². The van der Waals surface area contributed by atoms with Crippen molar-refractivity contribution < 1.29 is 19.2 Å². The lowest BCUT2D eigenvalue weighted by molar-refractivity contribution is -0.386. The van der Waals surface area contributed by atoms with Gasteiger partial charge >= 0.3 is 11.7 Å². The zero-order valence-electron chi connectivity index (χ0n) is 24.5. The lowest BCUT2D eigenvalue weighted by Crippen LogP contribution is -2.40. The van der Waals surface area contributed by atoms with E-state index in [-0.39, 0.29) is 34.8 Å². The molecule has 5 aromatic rings. The van der Waals surface area contributed by atoms with E-state index >= 15 is 0 Å². The average Bonchev–Trinajstić information content (AvgIpc) is 3.33. The summed E-state index contributed by atoms with van der Waals surface area (Å²) in [5, 5.41) is 14.6. The van der Waals surface area contributed by atoms with Crippen molar-refractivity contribution >= 4 is 67.4 Å². The molecule has 0 saturated carbocycles. The van der Waals surface area contributed by atoms with Gasteiger partial charge in [-0.2, -0.15) is 0 Å². The average molecular weight is 719 g/mol. The number of carbonyl (C=O) groups excluding carboxylic acids is 1. The number of hydrogen-bond donors (Lipinski definition) is 0. The molecule has 0 radical (unpaired) electrons. The largest absolute Gasteiger partial charge is 0.481 e. The van der Waals surface area contributed by atoms with Crippen molar-refractivity contribution in [1.29, 1.82) is 0 Å². The standard InChI is InChI=1S/C34H25BrClN3O6S/c1-3-44-33(41)29-19(2)37-34-38(30(29)24-13-6-7-14-26(24)36)32(40)28(46-34)17-20-15-25(35)31(27(16-20)39(42)43)45-18-22-11-8-10-21-9-4-5-12-23(21)22/h4-17,30H,3,18H2,1-2H3/b28-17-/t30-/m1/s1. The third kappa shape index (κ3) is 5.89. The Kier molecular flexibility index (Phi) is 8.90. The van der Waals surface area contributed by atoms with Gasteiger partial charge in [-0.3, -0.25) is 19.5 Å². The first-order valence-electron chi connectivity index (χ1n) is 14.2. The minimum Gasteiger partial charge on any atom is -0.481 e. The summed E-state index contributed by atoms with van der Waals surface area (Å²) in [4.78, 5) is 43.7. The zero-order chi connectivity index (χ0) is 32.5. The smallest absolute Gasteiger partial charge is 0.338 e. The fraction of sp³-hybridized carbons (Fsp3) is 0.147. The van der Waals surface area contributed by atoms with Gasteiger partial charge in [0.2, 0.25) is 5.75 Å². The third-order valence-electron chi connectivity index (χ3n) is 7.51. The lowest BCUT2D eigenvalue weighted by atomic mass is 9.96. The Morgan fingerprint density at radius 2 is 1.87 bits per heavy atom. The van der Waals surface area contributed by atoms with Crippen molar-refractivity contribution in [3.8, 4) is 5.75 Å². The number of ether oxygens (including phenoxy) is 2. The Morgan fingerprint density at radius 3 is 2.63 bits per heavy atom. The van der Waals surface area contributed by atoms with E-state index < -0.39 is 22.5 Å². The van der Waals surface area contributed by atoms with Crippen LogP contribution < -0.4 is 19.6 Å². The summed E-state index contributed by atoms with van der Waals surface area (Å²) >= 11 is 11.1. The molecule has 1 aromatic heterocycles. The first-order valence-corrected chi connectivity index (χ1v) is 16.2. The van der Waals surface area contributed by atoms with Crippen LogP contribution >= 0.6 is 38.9 Å². The fourth-order valence-electron chi connectivity index (χ4n) is 5.46. The summed E-state index contributed by atoms with van der Waals surface area (Å²) in [5.41, 5.74) is 1.75. The summed E-state index contributed by atoms with van der Waals surface area (Å²) in [7, 11) is 0. The number of hydrogen-bond acceptors (Lipinski definition) is 8. The van der Waals surface area contributed by atoms with Crippen LogP contribution in [0.5, 0.6) is 5.75 Å². The number of nitrogens with zero attached hydrogens (tertiary/aromatic N) is 3. The van der Waals surface area contributed by atoms with Crippen molar-refractivity contribution in [2.75, 3.05) is 6.61 Å². The van der Waals surface area contributed by atoms with E-state index in [4.69, 9.17) is 21.1 Å². The molecule has 2 heterocycles. The van der Waals surface area contributed by atoms with Crippen LogP contribution in [-0.4, -0.2) is 22.1 Å². The SMILES string of the molecule is CCOC(=O)C1=C(C)N=c2s/c(=C\c3cc(Br)c(OCc4cccc5ccccc45)c([N+](=O)[O-])c3)c(=O)n2[C@@H]1c1ccccc1Cl. The van der Waals surface area contributed by atoms with Crippen molar-refractivity contribution in [1.82, 2.24) is 4.57 Å². The fourth-order valence-corrected chi connectivity index (χ4v) is 7.33. The van der Waals surface area contributed by atoms with E-state index in [1.165, 1.54) is 10.6 Å². The van der Waals surface area contributed by atoms with E-state index in [1.54, 1.807) is 50.3 Å². The van der Waals surface area contributed by atoms with Crippen molar-refractivity contribution in [3.05, 3.63) is 146 Å². The molecule has 232 valence electrons. The van der Waals surface area contributed by atoms with Crippen molar-refractivity contribution in [2.45, 2.75) is 26.5 Å². The molecule has 1 aliphatic heterocycles. The summed E-state index contributed by atoms with van der Waals surface area (Å²) in [6, 6.07) is 22.8. The number of halogens is 2. The molecular formula is C34H25BrClN3O6S. The summed E-state index contributed by atoms with van der Waals surface area (Å²) in [6.07, 6.45) is 1.56. The maximum Gasteiger partial charge on any atom is 0.338 e. The highest BCUT2D eigenvalue weighted by atomic mass is 79.9. The minimum absolute atomic E-state index is 0.0740. The molecule has 6 rings (SSSR count). The Balaban J connectivity index is 1.43. The third-order valence-corrected chi connectivity index (χ3v) is 9.43. The Labute approximate surface area is 280 Å². The van der Waals surface area contributed by atoms with Crippen molar-refractivity contribution in [3.63, 3.8) is 0 Å². The predicted molar refractivity (Wildman–Crippen MR) is 181 cm³/mol. The number of thiazole rings is 1. The number of rotatable bonds is 8. The quantitative estimate of drug-likeness (QED) is 0.0985. The number of aromatic nitrogens is 1. The van der Waals surface area contributed by atoms with E-state index in [2.05, 4.69) is 20.9 Å². The van der Waals surface area contributed by atoms with Crippen LogP contribution in [0.15, 0.2) is 104 Å². The first kappa shape index (κ1) is 31.4. The van der Waals surface area contributed by atoms with E-state index in [0.717, 1.165) is 27.7 Å². The maximum atomic E-state index is 14.0. The van der Waals surface area contributed by atoms with Gasteiger partial charge in [0.1, 0.15) is 12.6 Å². The number of allylic oxidation sites excluding steroid dienone is 1. The van der Waals surface area contributed by atoms with Crippen LogP contribution in [0.2, 0.25) is 5.02 Å². The molecule has 0 fully saturated rings. The number of nitro benzene ring substituents is 1. The van der Waals surface area contributed by atoms with Gasteiger partial charge in [-0.1, -0.05) is 83.6 Å². The molecule has 0 amide bonds. The van der Waals surface area contributed by atoms with Crippen LogP contribution in [-0.2, 0) is 16.1 Å². The molecule has 46 heavy (non-hydrogen) atoms. The molecule has 0 bridgehead atoms. The molecule has 0 unspecified atom stereocenters. The molecule has 1 atom stereocenters. The van der Waals surface area contributed by atoms with E-state index in [1.807, 2.05) is 42.5 Å². The second kappa shape index (κ2) is 13.0. The number of benzene rings is 4. The maximum absolute atomic E-state index is 14.0. The predicted octanol–water partition coefficient (Wildman–Crippen LogP) is 6.85. The van der Waals surface area contributed by atoms with Gasteiger partial charge in [0, 0.05) is 11.1 Å². The Hall–Kier alpha value is -4.58. The number of esters is 1. The molecule has 0 spiro atoms. The highest BCUT2D eigenvalue weighted by molar-refractivity contribution is 9.10. The lowest BCUT2D eigenvalue weighted by Gasteiger charge is -2.25. The minimum atomic E-state index is -0.878. The summed E-state index contributed by atoms with van der Waals surface area (Å²) < 4.78 is 13.4. The van der Waals surface area contributed by atoms with Crippen LogP contribution in [0.3, 0.4) is 0 Å². The van der Waals surface area contributed by atoms with E-state index in [9.17, 15) is 19.7 Å². The highest BCUT2D eigenvalue weighted by Crippen LogP contribution is 2.38. The van der Waals surface area contributed by atoms with Crippen LogP contribution in [0.1, 0.15) is 36.6 Å². The monoisotopic (exact) mass is 717 g/mol. The number of nitro groups is 1. The second-order valence-electron chi connectivity index (χ2n) is 10.4. The molecule has 12 heteroatoms. The second-order valence-corrected chi connectivity index (χ2v) is 12.6. The van der Waals surface area contributed by atoms with Crippen LogP contribution in [0, 0.1) is 10.1 Å². The molecule has 9 nitrogen and oxygen atoms in total. The topological polar surface area (TPSA) is 113 Å². The van der Waals surface area contributed by atoms with Gasteiger partial charge in [0.15, 0.2) is 4.80 Å². The van der Waals surface area contributed by atoms with Gasteiger partial charge in [-0.25, -0.2) is 9.79 Å². The number of fused-ring (bicyclic) bond motifs is 2. The first-order chi connectivity index (χ1) is 22.2. The molecule has 0 N–H and O–H groups in total. The van der Waals surface area contributed by atoms with Gasteiger partial charge in [0.05, 0.1) is 31.8 Å². The van der Waals surface area contributed by atoms with Crippen LogP contribution in [0.25, 0.3) is 16.8 Å². The zero-order valence-corrected chi connectivity index (χ0v) is 27.7. The molecule has 0 saturated heterocycles. The molecular weight excluding hydrogens is 694 g/mol. The van der Waals surface area contributed by atoms with Gasteiger partial charge in [0.25, 0.3) is 5.56 Å². The Morgan fingerprint density at radius 1 is 1.13 bits per heavy atom. The van der Waals surface area contributed by atoms with Gasteiger partial charge < -0.3 is 9.47 Å². The molecule has 1 aliphatic rings. The summed E-state index contributed by atoms with van der Waals surface area (Å²) in [6.45, 7) is 3.64. The highest BCUT2D eigenvalue weighted by Gasteiger charge is 2.34. The summed E-state index contributed by atoms with van der Waals surface area (Å²) in [5.74, 6) is -0.522. The van der Waals surface area contributed by atoms with Crippen LogP contribution in [0.4, 0.5) is 5.69 Å². The van der Waals surface area contributed by atoms with E-state index in [0.29, 0.717) is 31.1 Å². The number of carbonyl (C=O) groups is 1. The van der Waals surface area contributed by atoms with Gasteiger partial charge in [-0.15, -0.1) is 0 Å². The Bertz CT molecular complexity index is 2260. The van der Waals surface area contributed by atoms with Crippen molar-refractivity contribution in [2.24, 2.45) is 4.99 Å². The normalized spacial score (nSPS) is 14.6. The molecule has 0 aliphatic carbocycles. The molecule has 4 aromatic carbocycles.